The standard InChI is InChI=1S/C23H22N4O4/c1-3-26(14-19-24-21(25-31-19)16-10-8-15(2)9-11-16)20(28)12-13-27-22(29)17-6-4-5-7-18(17)23(27)30/h4-11H,3,12-14H2,1-2H3. The SMILES string of the molecule is CCN(Cc1nc(-c2ccc(C)cc2)no1)C(=O)CCN1C(=O)c2ccccc2C1=O. The molecule has 2 aromatic carbocycles. The lowest BCUT2D eigenvalue weighted by atomic mass is 10.1. The number of nitrogens with zero attached hydrogens (tertiary/aromatic N) is 4. The summed E-state index contributed by atoms with van der Waals surface area (Å²) in [4.78, 5) is 44.7. The fourth-order valence-corrected chi connectivity index (χ4v) is 3.49. The van der Waals surface area contributed by atoms with Crippen molar-refractivity contribution in [2.45, 2.75) is 26.8 Å². The second-order valence-electron chi connectivity index (χ2n) is 7.34. The van der Waals surface area contributed by atoms with Crippen molar-refractivity contribution in [2.75, 3.05) is 13.1 Å². The Kier molecular flexibility index (Phi) is 5.62. The molecule has 158 valence electrons. The molecule has 4 rings (SSSR count). The van der Waals surface area contributed by atoms with Gasteiger partial charge in [0.15, 0.2) is 0 Å². The van der Waals surface area contributed by atoms with E-state index in [1.807, 2.05) is 38.1 Å². The van der Waals surface area contributed by atoms with Gasteiger partial charge in [-0.05, 0) is 26.0 Å². The van der Waals surface area contributed by atoms with Crippen LogP contribution in [-0.2, 0) is 11.3 Å². The van der Waals surface area contributed by atoms with Crippen molar-refractivity contribution in [1.82, 2.24) is 19.9 Å². The highest BCUT2D eigenvalue weighted by Gasteiger charge is 2.35. The van der Waals surface area contributed by atoms with Crippen LogP contribution in [0.15, 0.2) is 53.1 Å². The number of rotatable bonds is 7. The molecular formula is C23H22N4O4. The predicted molar refractivity (Wildman–Crippen MR) is 112 cm³/mol. The minimum absolute atomic E-state index is 0.0261. The molecule has 1 aliphatic heterocycles. The van der Waals surface area contributed by atoms with E-state index in [1.165, 1.54) is 0 Å². The van der Waals surface area contributed by atoms with Crippen molar-refractivity contribution >= 4 is 17.7 Å². The maximum Gasteiger partial charge on any atom is 0.261 e. The van der Waals surface area contributed by atoms with Crippen LogP contribution in [0.5, 0.6) is 0 Å². The predicted octanol–water partition coefficient (Wildman–Crippen LogP) is 3.08. The summed E-state index contributed by atoms with van der Waals surface area (Å²) in [6, 6.07) is 14.4. The number of aromatic nitrogens is 2. The Hall–Kier alpha value is -3.81. The van der Waals surface area contributed by atoms with Crippen molar-refractivity contribution in [3.8, 4) is 11.4 Å². The van der Waals surface area contributed by atoms with Crippen LogP contribution in [0.25, 0.3) is 11.4 Å². The van der Waals surface area contributed by atoms with E-state index in [1.54, 1.807) is 29.2 Å². The molecule has 0 fully saturated rings. The summed E-state index contributed by atoms with van der Waals surface area (Å²) in [5.74, 6) is -0.141. The zero-order chi connectivity index (χ0) is 22.0. The molecule has 0 saturated heterocycles. The minimum atomic E-state index is -0.365. The zero-order valence-electron chi connectivity index (χ0n) is 17.4. The van der Waals surface area contributed by atoms with Crippen molar-refractivity contribution in [3.05, 3.63) is 71.1 Å². The summed E-state index contributed by atoms with van der Waals surface area (Å²) in [7, 11) is 0. The number of imide groups is 1. The van der Waals surface area contributed by atoms with Crippen LogP contribution in [0.3, 0.4) is 0 Å². The van der Waals surface area contributed by atoms with Gasteiger partial charge in [0.2, 0.25) is 17.6 Å². The molecule has 0 bridgehead atoms. The Bertz CT molecular complexity index is 1100. The minimum Gasteiger partial charge on any atom is -0.337 e. The number of aryl methyl sites for hydroxylation is 1. The van der Waals surface area contributed by atoms with Gasteiger partial charge in [-0.2, -0.15) is 4.98 Å². The second-order valence-corrected chi connectivity index (χ2v) is 7.34. The van der Waals surface area contributed by atoms with Crippen LogP contribution < -0.4 is 0 Å². The Balaban J connectivity index is 1.38. The van der Waals surface area contributed by atoms with E-state index in [0.717, 1.165) is 16.0 Å². The summed E-state index contributed by atoms with van der Waals surface area (Å²) in [6.07, 6.45) is 0.0261. The Morgan fingerprint density at radius 3 is 2.29 bits per heavy atom. The summed E-state index contributed by atoms with van der Waals surface area (Å²) in [5, 5.41) is 3.99. The van der Waals surface area contributed by atoms with E-state index in [9.17, 15) is 14.4 Å². The molecule has 0 unspecified atom stereocenters. The summed E-state index contributed by atoms with van der Waals surface area (Å²) in [6.45, 7) is 4.47. The van der Waals surface area contributed by atoms with E-state index < -0.39 is 0 Å². The maximum atomic E-state index is 12.7. The smallest absolute Gasteiger partial charge is 0.261 e. The molecule has 0 atom stereocenters. The topological polar surface area (TPSA) is 96.6 Å². The molecule has 3 amide bonds. The van der Waals surface area contributed by atoms with Gasteiger partial charge in [-0.1, -0.05) is 47.1 Å². The number of fused-ring (bicyclic) bond motifs is 1. The Morgan fingerprint density at radius 2 is 1.68 bits per heavy atom. The van der Waals surface area contributed by atoms with Crippen molar-refractivity contribution in [3.63, 3.8) is 0 Å². The molecular weight excluding hydrogens is 396 g/mol. The molecule has 31 heavy (non-hydrogen) atoms. The third-order valence-corrected chi connectivity index (χ3v) is 5.27. The van der Waals surface area contributed by atoms with Gasteiger partial charge in [-0.3, -0.25) is 19.3 Å². The molecule has 0 spiro atoms. The van der Waals surface area contributed by atoms with Gasteiger partial charge in [-0.25, -0.2) is 0 Å². The Labute approximate surface area is 179 Å². The van der Waals surface area contributed by atoms with Crippen LogP contribution in [-0.4, -0.2) is 50.8 Å². The van der Waals surface area contributed by atoms with Gasteiger partial charge in [0.25, 0.3) is 11.8 Å². The second kappa shape index (κ2) is 8.51. The molecule has 0 radical (unpaired) electrons. The van der Waals surface area contributed by atoms with Crippen molar-refractivity contribution in [1.29, 1.82) is 0 Å². The lowest BCUT2D eigenvalue weighted by Gasteiger charge is -2.20. The number of amides is 3. The average Bonchev–Trinajstić information content (AvgIpc) is 3.34. The van der Waals surface area contributed by atoms with Crippen LogP contribution >= 0.6 is 0 Å². The van der Waals surface area contributed by atoms with Crippen LogP contribution in [0, 0.1) is 6.92 Å². The van der Waals surface area contributed by atoms with Crippen LogP contribution in [0.4, 0.5) is 0 Å². The number of hydrogen-bond acceptors (Lipinski definition) is 6. The Morgan fingerprint density at radius 1 is 1.03 bits per heavy atom. The van der Waals surface area contributed by atoms with Gasteiger partial charge >= 0.3 is 0 Å². The molecule has 3 aromatic rings. The summed E-state index contributed by atoms with van der Waals surface area (Å²) >= 11 is 0. The molecule has 1 aromatic heterocycles. The van der Waals surface area contributed by atoms with Gasteiger partial charge in [0.05, 0.1) is 17.7 Å². The number of carbonyl (C=O) groups excluding carboxylic acids is 3. The van der Waals surface area contributed by atoms with Crippen LogP contribution in [0.1, 0.15) is 45.5 Å². The van der Waals surface area contributed by atoms with Gasteiger partial charge in [-0.15, -0.1) is 0 Å². The maximum absolute atomic E-state index is 12.7. The highest BCUT2D eigenvalue weighted by atomic mass is 16.5. The van der Waals surface area contributed by atoms with Gasteiger partial charge in [0.1, 0.15) is 0 Å². The fourth-order valence-electron chi connectivity index (χ4n) is 3.49. The highest BCUT2D eigenvalue weighted by Crippen LogP contribution is 2.23. The van der Waals surface area contributed by atoms with Gasteiger partial charge in [0, 0.05) is 25.1 Å². The first kappa shape index (κ1) is 20.5. The first-order valence-electron chi connectivity index (χ1n) is 10.1. The number of carbonyl (C=O) groups is 3. The molecule has 0 aliphatic carbocycles. The quantitative estimate of drug-likeness (QED) is 0.547. The average molecular weight is 418 g/mol. The van der Waals surface area contributed by atoms with E-state index >= 15 is 0 Å². The lowest BCUT2D eigenvalue weighted by molar-refractivity contribution is -0.132. The van der Waals surface area contributed by atoms with Crippen molar-refractivity contribution in [2.24, 2.45) is 0 Å². The van der Waals surface area contributed by atoms with Crippen LogP contribution in [0.2, 0.25) is 0 Å². The fraction of sp³-hybridized carbons (Fsp3) is 0.261. The van der Waals surface area contributed by atoms with Crippen molar-refractivity contribution < 1.29 is 18.9 Å². The molecule has 0 N–H and O–H groups in total. The zero-order valence-corrected chi connectivity index (χ0v) is 17.4. The molecule has 0 saturated carbocycles. The molecule has 8 nitrogen and oxygen atoms in total. The molecule has 1 aliphatic rings. The largest absolute Gasteiger partial charge is 0.337 e. The first-order chi connectivity index (χ1) is 15.0. The van der Waals surface area contributed by atoms with E-state index in [-0.39, 0.29) is 37.2 Å². The third-order valence-electron chi connectivity index (χ3n) is 5.27. The van der Waals surface area contributed by atoms with E-state index in [0.29, 0.717) is 29.4 Å². The first-order valence-corrected chi connectivity index (χ1v) is 10.1. The monoisotopic (exact) mass is 418 g/mol. The van der Waals surface area contributed by atoms with Gasteiger partial charge < -0.3 is 9.42 Å². The highest BCUT2D eigenvalue weighted by molar-refractivity contribution is 6.21. The van der Waals surface area contributed by atoms with E-state index in [4.69, 9.17) is 4.52 Å². The summed E-state index contributed by atoms with van der Waals surface area (Å²) < 4.78 is 5.31. The third kappa shape index (κ3) is 4.09. The normalized spacial score (nSPS) is 12.9. The van der Waals surface area contributed by atoms with E-state index in [2.05, 4.69) is 10.1 Å². The lowest BCUT2D eigenvalue weighted by Crippen LogP contribution is -2.36. The molecule has 8 heteroatoms. The number of hydrogen-bond donors (Lipinski definition) is 0. The molecule has 2 heterocycles. The summed E-state index contributed by atoms with van der Waals surface area (Å²) in [5.41, 5.74) is 2.72. The number of benzene rings is 2.